The van der Waals surface area contributed by atoms with Crippen molar-refractivity contribution in [3.8, 4) is 0 Å². The number of rotatable bonds is 1. The molecular weight excluding hydrogens is 199 g/mol. The van der Waals surface area contributed by atoms with E-state index in [9.17, 15) is 19.4 Å². The molecule has 0 heterocycles. The van der Waals surface area contributed by atoms with Crippen molar-refractivity contribution in [2.45, 2.75) is 49.8 Å². The van der Waals surface area contributed by atoms with E-state index >= 15 is 0 Å². The summed E-state index contributed by atoms with van der Waals surface area (Å²) in [4.78, 5) is 11.3. The third-order valence-corrected chi connectivity index (χ3v) is 4.42. The van der Waals surface area contributed by atoms with Crippen LogP contribution in [0.2, 0.25) is 0 Å². The summed E-state index contributed by atoms with van der Waals surface area (Å²) in [5.41, 5.74) is -3.46. The van der Waals surface area contributed by atoms with Crippen LogP contribution in [0.5, 0.6) is 0 Å². The van der Waals surface area contributed by atoms with E-state index in [4.69, 9.17) is 0 Å². The Morgan fingerprint density at radius 3 is 2.47 bits per heavy atom. The highest BCUT2D eigenvalue weighted by Crippen LogP contribution is 2.64. The maximum Gasteiger partial charge on any atom is 0.309 e. The summed E-state index contributed by atoms with van der Waals surface area (Å²) in [7, 11) is 0. The number of carboxylic acid groups (broad SMARTS) is 1. The average Bonchev–Trinajstić information content (AvgIpc) is 1.95. The van der Waals surface area contributed by atoms with Crippen molar-refractivity contribution in [2.75, 3.05) is 0 Å². The van der Waals surface area contributed by atoms with Gasteiger partial charge in [0.05, 0.1) is 11.0 Å². The van der Waals surface area contributed by atoms with Crippen LogP contribution in [0.25, 0.3) is 0 Å². The van der Waals surface area contributed by atoms with Crippen molar-refractivity contribution in [1.29, 1.82) is 0 Å². The van der Waals surface area contributed by atoms with Crippen molar-refractivity contribution in [3.63, 3.8) is 0 Å². The highest BCUT2D eigenvalue weighted by molar-refractivity contribution is 5.76. The molecule has 0 aromatic carbocycles. The number of carbonyl (C=O) groups is 1. The molecule has 0 spiro atoms. The Morgan fingerprint density at radius 1 is 1.20 bits per heavy atom. The Kier molecular flexibility index (Phi) is 1.51. The molecule has 15 heavy (non-hydrogen) atoms. The second kappa shape index (κ2) is 2.37. The van der Waals surface area contributed by atoms with E-state index < -0.39 is 22.7 Å². The molecule has 4 heteroatoms. The number of carboxylic acids is 1. The number of hydrogen-bond acceptors (Lipinski definition) is 2. The van der Waals surface area contributed by atoms with Crippen LogP contribution >= 0.6 is 0 Å². The molecule has 84 valence electrons. The first kappa shape index (κ1) is 9.58. The molecular formula is C11H15FO3. The van der Waals surface area contributed by atoms with Crippen molar-refractivity contribution >= 4 is 5.97 Å². The molecule has 4 rings (SSSR count). The van der Waals surface area contributed by atoms with Crippen molar-refractivity contribution in [1.82, 2.24) is 0 Å². The third kappa shape index (κ3) is 1.17. The van der Waals surface area contributed by atoms with Crippen LogP contribution in [0.4, 0.5) is 4.39 Å². The van der Waals surface area contributed by atoms with Gasteiger partial charge in [-0.1, -0.05) is 0 Å². The average molecular weight is 214 g/mol. The first-order valence-corrected chi connectivity index (χ1v) is 5.50. The summed E-state index contributed by atoms with van der Waals surface area (Å²) in [6.45, 7) is 0. The molecule has 0 aromatic heterocycles. The Balaban J connectivity index is 2.05. The molecule has 4 unspecified atom stereocenters. The maximum atomic E-state index is 14.3. The second-order valence-corrected chi connectivity index (χ2v) is 5.97. The molecule has 0 amide bonds. The topological polar surface area (TPSA) is 57.5 Å². The minimum absolute atomic E-state index is 0.0624. The quantitative estimate of drug-likeness (QED) is 0.695. The van der Waals surface area contributed by atoms with Gasteiger partial charge in [-0.25, -0.2) is 4.39 Å². The number of hydrogen-bond donors (Lipinski definition) is 2. The smallest absolute Gasteiger partial charge is 0.309 e. The predicted molar refractivity (Wildman–Crippen MR) is 50.0 cm³/mol. The number of aliphatic carboxylic acids is 1. The second-order valence-electron chi connectivity index (χ2n) is 5.97. The van der Waals surface area contributed by atoms with Gasteiger partial charge in [-0.3, -0.25) is 4.79 Å². The molecule has 0 saturated heterocycles. The van der Waals surface area contributed by atoms with Crippen molar-refractivity contribution < 1.29 is 19.4 Å². The lowest BCUT2D eigenvalue weighted by molar-refractivity contribution is -0.216. The fraction of sp³-hybridized carbons (Fsp3) is 0.909. The Hall–Kier alpha value is -0.640. The fourth-order valence-corrected chi connectivity index (χ4v) is 4.51. The normalized spacial score (nSPS) is 57.1. The van der Waals surface area contributed by atoms with Crippen LogP contribution in [0, 0.1) is 11.3 Å². The summed E-state index contributed by atoms with van der Waals surface area (Å²) in [6.07, 6.45) is 2.09. The van der Waals surface area contributed by atoms with E-state index in [0.29, 0.717) is 19.3 Å². The van der Waals surface area contributed by atoms with E-state index in [0.717, 1.165) is 0 Å². The van der Waals surface area contributed by atoms with Crippen LogP contribution < -0.4 is 0 Å². The Labute approximate surface area is 87.3 Å². The maximum absolute atomic E-state index is 14.3. The van der Waals surface area contributed by atoms with Gasteiger partial charge in [0, 0.05) is 6.42 Å². The molecule has 3 nitrogen and oxygen atoms in total. The van der Waals surface area contributed by atoms with E-state index in [1.165, 1.54) is 0 Å². The molecule has 0 aromatic rings. The van der Waals surface area contributed by atoms with Crippen molar-refractivity contribution in [3.05, 3.63) is 0 Å². The highest BCUT2D eigenvalue weighted by atomic mass is 19.1. The van der Waals surface area contributed by atoms with Gasteiger partial charge in [0.25, 0.3) is 0 Å². The first-order chi connectivity index (χ1) is 6.85. The zero-order chi connectivity index (χ0) is 10.9. The van der Waals surface area contributed by atoms with Crippen molar-refractivity contribution in [2.24, 2.45) is 11.3 Å². The lowest BCUT2D eigenvalue weighted by atomic mass is 9.47. The Morgan fingerprint density at radius 2 is 1.93 bits per heavy atom. The third-order valence-electron chi connectivity index (χ3n) is 4.42. The van der Waals surface area contributed by atoms with Gasteiger partial charge in [-0.2, -0.15) is 0 Å². The van der Waals surface area contributed by atoms with E-state index in [-0.39, 0.29) is 25.2 Å². The molecule has 0 radical (unpaired) electrons. The standard InChI is InChI=1S/C11H15FO3/c12-10-2-7-1-9(4-10,8(13)14)5-11(15,3-7)6-10/h7,15H,1-6H2,(H,13,14). The minimum atomic E-state index is -1.42. The van der Waals surface area contributed by atoms with Crippen LogP contribution in [0.1, 0.15) is 38.5 Å². The fourth-order valence-electron chi connectivity index (χ4n) is 4.51. The van der Waals surface area contributed by atoms with E-state index in [2.05, 4.69) is 0 Å². The minimum Gasteiger partial charge on any atom is -0.481 e. The van der Waals surface area contributed by atoms with Gasteiger partial charge in [0.15, 0.2) is 0 Å². The molecule has 0 aliphatic heterocycles. The monoisotopic (exact) mass is 214 g/mol. The number of halogens is 1. The van der Waals surface area contributed by atoms with Gasteiger partial charge in [-0.15, -0.1) is 0 Å². The molecule has 4 aliphatic carbocycles. The Bertz CT molecular complexity index is 323. The van der Waals surface area contributed by atoms with Crippen LogP contribution in [-0.2, 0) is 4.79 Å². The number of aliphatic hydroxyl groups is 1. The zero-order valence-electron chi connectivity index (χ0n) is 8.50. The van der Waals surface area contributed by atoms with E-state index in [1.807, 2.05) is 0 Å². The largest absolute Gasteiger partial charge is 0.481 e. The molecule has 4 aliphatic rings. The SMILES string of the molecule is O=C(O)C12CC3CC(O)(CC(F)(C3)C1)C2. The van der Waals surface area contributed by atoms with Crippen LogP contribution in [0.15, 0.2) is 0 Å². The summed E-state index contributed by atoms with van der Waals surface area (Å²) in [5, 5.41) is 19.4. The van der Waals surface area contributed by atoms with Gasteiger partial charge in [-0.05, 0) is 38.0 Å². The van der Waals surface area contributed by atoms with Gasteiger partial charge >= 0.3 is 5.97 Å². The summed E-state index contributed by atoms with van der Waals surface area (Å²) in [5.74, 6) is -0.862. The molecule has 4 saturated carbocycles. The molecule has 4 bridgehead atoms. The predicted octanol–water partition coefficient (Wildman–Crippen LogP) is 1.49. The zero-order valence-corrected chi connectivity index (χ0v) is 8.50. The lowest BCUT2D eigenvalue weighted by Crippen LogP contribution is -2.63. The van der Waals surface area contributed by atoms with Crippen LogP contribution in [-0.4, -0.2) is 27.5 Å². The van der Waals surface area contributed by atoms with E-state index in [1.54, 1.807) is 0 Å². The summed E-state index contributed by atoms with van der Waals surface area (Å²) < 4.78 is 14.3. The number of alkyl halides is 1. The molecule has 4 fully saturated rings. The summed E-state index contributed by atoms with van der Waals surface area (Å²) in [6, 6.07) is 0. The first-order valence-electron chi connectivity index (χ1n) is 5.50. The molecule has 4 atom stereocenters. The molecule has 2 N–H and O–H groups in total. The van der Waals surface area contributed by atoms with Crippen LogP contribution in [0.3, 0.4) is 0 Å². The highest BCUT2D eigenvalue weighted by Gasteiger charge is 2.66. The summed E-state index contributed by atoms with van der Waals surface area (Å²) >= 11 is 0. The van der Waals surface area contributed by atoms with Gasteiger partial charge in [0.1, 0.15) is 5.67 Å². The lowest BCUT2D eigenvalue weighted by Gasteiger charge is -2.60. The van der Waals surface area contributed by atoms with Gasteiger partial charge in [0.2, 0.25) is 0 Å². The van der Waals surface area contributed by atoms with Gasteiger partial charge < -0.3 is 10.2 Å².